The summed E-state index contributed by atoms with van der Waals surface area (Å²) in [4.78, 5) is 0. The molecule has 1 saturated heterocycles. The van der Waals surface area contributed by atoms with E-state index in [0.29, 0.717) is 26.2 Å². The highest BCUT2D eigenvalue weighted by Crippen LogP contribution is 2.36. The zero-order valence-electron chi connectivity index (χ0n) is 29.6. The smallest absolute Gasteiger partial charge is 0.261 e. The molecule has 0 aromatic heterocycles. The highest BCUT2D eigenvalue weighted by molar-refractivity contribution is 6.99. The molecule has 8 heteroatoms. The number of ether oxygens (including phenoxy) is 5. The minimum Gasteiger partial charge on any atom is -0.497 e. The molecule has 0 aliphatic carbocycles. The van der Waals surface area contributed by atoms with Crippen LogP contribution in [-0.4, -0.2) is 71.6 Å². The highest BCUT2D eigenvalue weighted by Gasteiger charge is 2.50. The predicted molar refractivity (Wildman–Crippen MR) is 198 cm³/mol. The Balaban J connectivity index is 1.42. The van der Waals surface area contributed by atoms with Crippen molar-refractivity contribution in [3.8, 4) is 17.6 Å². The summed E-state index contributed by atoms with van der Waals surface area (Å²) in [7, 11) is -1.03. The van der Waals surface area contributed by atoms with Crippen molar-refractivity contribution in [3.05, 3.63) is 103 Å². The maximum Gasteiger partial charge on any atom is 0.261 e. The second kappa shape index (κ2) is 19.8. The van der Waals surface area contributed by atoms with Crippen molar-refractivity contribution in [2.24, 2.45) is 0 Å². The standard InChI is InChI=1S/C41H54O7Si/c1-6-38(47-32-33-24-26-34(43-5)27-25-33)40(37(42)22-13-15-28-44-39-23-14-16-29-45-39)46-30-17-31-48-49(41(2,3)4,35-18-9-7-10-19-35)36-20-11-8-12-21-36/h6-12,18-21,24-27,37-40,42H,1,14,16-17,22-23,28-32H2,2-5H3. The highest BCUT2D eigenvalue weighted by atomic mass is 28.4. The number of hydrogen-bond acceptors (Lipinski definition) is 7. The first-order valence-corrected chi connectivity index (χ1v) is 19.3. The molecule has 1 N–H and O–H groups in total. The van der Waals surface area contributed by atoms with Crippen molar-refractivity contribution in [2.45, 2.75) is 89.1 Å². The number of aliphatic hydroxyl groups excluding tert-OH is 1. The first-order valence-electron chi connectivity index (χ1n) is 17.4. The molecular weight excluding hydrogens is 633 g/mol. The summed E-state index contributed by atoms with van der Waals surface area (Å²) in [5.74, 6) is 6.86. The van der Waals surface area contributed by atoms with Crippen LogP contribution >= 0.6 is 0 Å². The van der Waals surface area contributed by atoms with Gasteiger partial charge in [-0.25, -0.2) is 0 Å². The zero-order valence-corrected chi connectivity index (χ0v) is 30.6. The Kier molecular flexibility index (Phi) is 15.6. The third-order valence-corrected chi connectivity index (χ3v) is 13.8. The normalized spacial score (nSPS) is 17.0. The molecule has 264 valence electrons. The lowest BCUT2D eigenvalue weighted by Crippen LogP contribution is -2.66. The van der Waals surface area contributed by atoms with E-state index < -0.39 is 26.6 Å². The molecule has 7 nitrogen and oxygen atoms in total. The van der Waals surface area contributed by atoms with Crippen LogP contribution in [0.4, 0.5) is 0 Å². The predicted octanol–water partition coefficient (Wildman–Crippen LogP) is 6.42. The summed E-state index contributed by atoms with van der Waals surface area (Å²) in [5.41, 5.74) is 0.974. The molecule has 1 heterocycles. The van der Waals surface area contributed by atoms with Crippen LogP contribution in [-0.2, 0) is 30.0 Å². The minimum absolute atomic E-state index is 0.121. The average Bonchev–Trinajstić information content (AvgIpc) is 3.13. The second-order valence-electron chi connectivity index (χ2n) is 13.3. The maximum absolute atomic E-state index is 11.4. The number of rotatable bonds is 18. The third-order valence-electron chi connectivity index (χ3n) is 8.79. The van der Waals surface area contributed by atoms with E-state index in [1.54, 1.807) is 13.2 Å². The van der Waals surface area contributed by atoms with Gasteiger partial charge in [-0.15, -0.1) is 6.58 Å². The molecule has 49 heavy (non-hydrogen) atoms. The Morgan fingerprint density at radius 1 is 0.918 bits per heavy atom. The van der Waals surface area contributed by atoms with E-state index in [1.807, 2.05) is 36.4 Å². The van der Waals surface area contributed by atoms with Gasteiger partial charge in [-0.1, -0.05) is 111 Å². The molecule has 1 aliphatic rings. The van der Waals surface area contributed by atoms with Crippen LogP contribution in [0.3, 0.4) is 0 Å². The quantitative estimate of drug-likeness (QED) is 0.0717. The summed E-state index contributed by atoms with van der Waals surface area (Å²) in [6, 6.07) is 28.9. The Bertz CT molecular complexity index is 1380. The van der Waals surface area contributed by atoms with E-state index in [1.165, 1.54) is 10.4 Å². The lowest BCUT2D eigenvalue weighted by molar-refractivity contribution is -0.154. The van der Waals surface area contributed by atoms with Crippen LogP contribution in [0.15, 0.2) is 97.6 Å². The molecule has 0 spiro atoms. The largest absolute Gasteiger partial charge is 0.497 e. The summed E-state index contributed by atoms with van der Waals surface area (Å²) in [5, 5.41) is 13.7. The van der Waals surface area contributed by atoms with E-state index >= 15 is 0 Å². The summed E-state index contributed by atoms with van der Waals surface area (Å²) in [6.07, 6.45) is 3.21. The van der Waals surface area contributed by atoms with Gasteiger partial charge in [-0.3, -0.25) is 0 Å². The lowest BCUT2D eigenvalue weighted by Gasteiger charge is -2.43. The Labute approximate surface area is 294 Å². The van der Waals surface area contributed by atoms with E-state index in [-0.39, 0.29) is 24.4 Å². The van der Waals surface area contributed by atoms with Gasteiger partial charge in [-0.05, 0) is 58.8 Å². The number of methoxy groups -OCH3 is 1. The van der Waals surface area contributed by atoms with Gasteiger partial charge in [0.25, 0.3) is 8.32 Å². The monoisotopic (exact) mass is 686 g/mol. The van der Waals surface area contributed by atoms with Gasteiger partial charge in [0.2, 0.25) is 0 Å². The molecule has 3 aromatic rings. The average molecular weight is 687 g/mol. The molecule has 0 amide bonds. The van der Waals surface area contributed by atoms with Gasteiger partial charge >= 0.3 is 0 Å². The molecule has 0 bridgehead atoms. The number of hydrogen-bond donors (Lipinski definition) is 1. The summed E-state index contributed by atoms with van der Waals surface area (Å²) < 4.78 is 36.3. The first kappa shape index (κ1) is 38.5. The maximum atomic E-state index is 11.4. The molecule has 0 saturated carbocycles. The summed E-state index contributed by atoms with van der Waals surface area (Å²) in [6.45, 7) is 13.0. The Morgan fingerprint density at radius 2 is 1.59 bits per heavy atom. The van der Waals surface area contributed by atoms with Crippen molar-refractivity contribution < 1.29 is 33.2 Å². The molecule has 4 atom stereocenters. The minimum atomic E-state index is -2.67. The van der Waals surface area contributed by atoms with Crippen LogP contribution in [0, 0.1) is 11.8 Å². The second-order valence-corrected chi connectivity index (χ2v) is 17.6. The van der Waals surface area contributed by atoms with E-state index in [0.717, 1.165) is 37.2 Å². The third kappa shape index (κ3) is 11.1. The van der Waals surface area contributed by atoms with Crippen molar-refractivity contribution in [1.29, 1.82) is 0 Å². The van der Waals surface area contributed by atoms with Crippen molar-refractivity contribution >= 4 is 18.7 Å². The van der Waals surface area contributed by atoms with E-state index in [2.05, 4.69) is 87.7 Å². The fourth-order valence-corrected chi connectivity index (χ4v) is 10.8. The molecule has 0 radical (unpaired) electrons. The van der Waals surface area contributed by atoms with Crippen LogP contribution < -0.4 is 15.1 Å². The molecule has 3 aromatic carbocycles. The van der Waals surface area contributed by atoms with Crippen LogP contribution in [0.5, 0.6) is 5.75 Å². The molecule has 1 fully saturated rings. The summed E-state index contributed by atoms with van der Waals surface area (Å²) >= 11 is 0. The van der Waals surface area contributed by atoms with Crippen molar-refractivity contribution in [3.63, 3.8) is 0 Å². The van der Waals surface area contributed by atoms with E-state index in [9.17, 15) is 5.11 Å². The number of aliphatic hydroxyl groups is 1. The van der Waals surface area contributed by atoms with Gasteiger partial charge < -0.3 is 33.2 Å². The molecule has 4 unspecified atom stereocenters. The van der Waals surface area contributed by atoms with Crippen molar-refractivity contribution in [2.75, 3.05) is 33.5 Å². The molecule has 4 rings (SSSR count). The lowest BCUT2D eigenvalue weighted by atomic mass is 10.0. The first-order chi connectivity index (χ1) is 23.8. The van der Waals surface area contributed by atoms with Crippen LogP contribution in [0.2, 0.25) is 5.04 Å². The molecular formula is C41H54O7Si. The van der Waals surface area contributed by atoms with Gasteiger partial charge in [0.05, 0.1) is 19.8 Å². The van der Waals surface area contributed by atoms with Gasteiger partial charge in [-0.2, -0.15) is 0 Å². The Morgan fingerprint density at radius 3 is 2.16 bits per heavy atom. The molecule has 1 aliphatic heterocycles. The van der Waals surface area contributed by atoms with Crippen molar-refractivity contribution in [1.82, 2.24) is 0 Å². The fraction of sp³-hybridized carbons (Fsp3) is 0.463. The SMILES string of the molecule is C=CC(OCc1ccc(OC)cc1)C(OCCCO[Si](c1ccccc1)(c1ccccc1)C(C)(C)C)C(O)CC#CCOC1CCCCO1. The van der Waals surface area contributed by atoms with Gasteiger partial charge in [0.15, 0.2) is 6.29 Å². The van der Waals surface area contributed by atoms with Gasteiger partial charge in [0.1, 0.15) is 24.6 Å². The van der Waals surface area contributed by atoms with Gasteiger partial charge in [0, 0.05) is 26.2 Å². The van der Waals surface area contributed by atoms with Crippen LogP contribution in [0.25, 0.3) is 0 Å². The Hall–Kier alpha value is -3.26. The van der Waals surface area contributed by atoms with E-state index in [4.69, 9.17) is 28.1 Å². The number of benzene rings is 3. The zero-order chi connectivity index (χ0) is 35.0. The topological polar surface area (TPSA) is 75.6 Å². The fourth-order valence-electron chi connectivity index (χ4n) is 6.22. The van der Waals surface area contributed by atoms with Crippen LogP contribution in [0.1, 0.15) is 58.4 Å².